The van der Waals surface area contributed by atoms with E-state index in [1.54, 1.807) is 0 Å². The van der Waals surface area contributed by atoms with Crippen molar-refractivity contribution in [2.24, 2.45) is 0 Å². The molecule has 4 nitrogen and oxygen atoms in total. The van der Waals surface area contributed by atoms with Gasteiger partial charge in [0.1, 0.15) is 5.82 Å². The van der Waals surface area contributed by atoms with Crippen LogP contribution in [0.2, 0.25) is 0 Å². The molecule has 20 heavy (non-hydrogen) atoms. The van der Waals surface area contributed by atoms with Crippen LogP contribution in [0.1, 0.15) is 5.56 Å². The van der Waals surface area contributed by atoms with Gasteiger partial charge in [-0.25, -0.2) is 4.98 Å². The Bertz CT molecular complexity index is 688. The van der Waals surface area contributed by atoms with E-state index >= 15 is 0 Å². The minimum absolute atomic E-state index is 0.740. The van der Waals surface area contributed by atoms with Crippen molar-refractivity contribution >= 4 is 5.82 Å². The van der Waals surface area contributed by atoms with Crippen molar-refractivity contribution in [1.82, 2.24) is 14.8 Å². The Hall–Kier alpha value is -2.62. The van der Waals surface area contributed by atoms with Gasteiger partial charge in [0.25, 0.3) is 0 Å². The van der Waals surface area contributed by atoms with E-state index in [9.17, 15) is 0 Å². The standard InChI is InChI=1S/C16H16N4/c1-17-16-9-13(7-8-18-16)11-20-12-15(10-19-20)14-5-3-2-4-6-14/h2-10,12H,11H2,1H3,(H,17,18). The number of pyridine rings is 1. The molecular weight excluding hydrogens is 248 g/mol. The van der Waals surface area contributed by atoms with Crippen LogP contribution in [0.5, 0.6) is 0 Å². The number of aromatic nitrogens is 3. The van der Waals surface area contributed by atoms with Crippen molar-refractivity contribution in [3.05, 3.63) is 66.6 Å². The Balaban J connectivity index is 1.80. The monoisotopic (exact) mass is 264 g/mol. The third-order valence-electron chi connectivity index (χ3n) is 3.17. The van der Waals surface area contributed by atoms with E-state index in [1.165, 1.54) is 11.1 Å². The topological polar surface area (TPSA) is 42.7 Å². The van der Waals surface area contributed by atoms with Crippen LogP contribution in [-0.2, 0) is 6.54 Å². The fourth-order valence-corrected chi connectivity index (χ4v) is 2.13. The van der Waals surface area contributed by atoms with Crippen LogP contribution < -0.4 is 5.32 Å². The van der Waals surface area contributed by atoms with Crippen LogP contribution in [0.3, 0.4) is 0 Å². The molecule has 4 heteroatoms. The van der Waals surface area contributed by atoms with Gasteiger partial charge in [-0.1, -0.05) is 30.3 Å². The summed E-state index contributed by atoms with van der Waals surface area (Å²) in [5, 5.41) is 7.46. The quantitative estimate of drug-likeness (QED) is 0.787. The second kappa shape index (κ2) is 5.57. The zero-order chi connectivity index (χ0) is 13.8. The zero-order valence-electron chi connectivity index (χ0n) is 11.3. The predicted molar refractivity (Wildman–Crippen MR) is 80.5 cm³/mol. The zero-order valence-corrected chi connectivity index (χ0v) is 11.3. The maximum absolute atomic E-state index is 4.42. The molecular formula is C16H16N4. The van der Waals surface area contributed by atoms with Gasteiger partial charge in [-0.15, -0.1) is 0 Å². The highest BCUT2D eigenvalue weighted by Crippen LogP contribution is 2.18. The van der Waals surface area contributed by atoms with Gasteiger partial charge in [-0.3, -0.25) is 4.68 Å². The van der Waals surface area contributed by atoms with Gasteiger partial charge in [0, 0.05) is 25.0 Å². The second-order valence-electron chi connectivity index (χ2n) is 4.59. The highest BCUT2D eigenvalue weighted by atomic mass is 15.3. The molecule has 3 aromatic rings. The molecule has 0 spiro atoms. The largest absolute Gasteiger partial charge is 0.373 e. The molecule has 0 saturated carbocycles. The summed E-state index contributed by atoms with van der Waals surface area (Å²) in [6.45, 7) is 0.740. The van der Waals surface area contributed by atoms with Crippen LogP contribution in [0, 0.1) is 0 Å². The molecule has 100 valence electrons. The smallest absolute Gasteiger partial charge is 0.125 e. The lowest BCUT2D eigenvalue weighted by atomic mass is 10.1. The van der Waals surface area contributed by atoms with Gasteiger partial charge in [-0.2, -0.15) is 5.10 Å². The summed E-state index contributed by atoms with van der Waals surface area (Å²) in [7, 11) is 1.87. The molecule has 0 aliphatic rings. The number of anilines is 1. The summed E-state index contributed by atoms with van der Waals surface area (Å²) in [6.07, 6.45) is 5.77. The van der Waals surface area contributed by atoms with E-state index in [0.717, 1.165) is 17.9 Å². The van der Waals surface area contributed by atoms with E-state index in [-0.39, 0.29) is 0 Å². The van der Waals surface area contributed by atoms with Crippen LogP contribution in [0.15, 0.2) is 61.1 Å². The highest BCUT2D eigenvalue weighted by Gasteiger charge is 2.02. The molecule has 0 unspecified atom stereocenters. The van der Waals surface area contributed by atoms with E-state index in [0.29, 0.717) is 0 Å². The first-order valence-electron chi connectivity index (χ1n) is 6.56. The lowest BCUT2D eigenvalue weighted by Gasteiger charge is -2.04. The fraction of sp³-hybridized carbons (Fsp3) is 0.125. The Morgan fingerprint density at radius 3 is 2.75 bits per heavy atom. The number of nitrogens with one attached hydrogen (secondary N) is 1. The molecule has 0 fully saturated rings. The third kappa shape index (κ3) is 2.69. The molecule has 0 saturated heterocycles. The molecule has 1 N–H and O–H groups in total. The minimum Gasteiger partial charge on any atom is -0.373 e. The summed E-state index contributed by atoms with van der Waals surface area (Å²) >= 11 is 0. The van der Waals surface area contributed by atoms with Gasteiger partial charge >= 0.3 is 0 Å². The first-order chi connectivity index (χ1) is 9.85. The summed E-state index contributed by atoms with van der Waals surface area (Å²) in [5.41, 5.74) is 3.49. The normalized spacial score (nSPS) is 10.4. The first-order valence-corrected chi connectivity index (χ1v) is 6.56. The number of hydrogen-bond donors (Lipinski definition) is 1. The van der Waals surface area contributed by atoms with Crippen molar-refractivity contribution in [1.29, 1.82) is 0 Å². The van der Waals surface area contributed by atoms with E-state index in [2.05, 4.69) is 33.7 Å². The van der Waals surface area contributed by atoms with Gasteiger partial charge in [0.15, 0.2) is 0 Å². The lowest BCUT2D eigenvalue weighted by Crippen LogP contribution is -2.01. The summed E-state index contributed by atoms with van der Waals surface area (Å²) in [5.74, 6) is 0.873. The molecule has 1 aromatic carbocycles. The maximum atomic E-state index is 4.42. The molecule has 0 radical (unpaired) electrons. The van der Waals surface area contributed by atoms with Crippen LogP contribution in [0.25, 0.3) is 11.1 Å². The lowest BCUT2D eigenvalue weighted by molar-refractivity contribution is 0.686. The Morgan fingerprint density at radius 2 is 1.95 bits per heavy atom. The third-order valence-corrected chi connectivity index (χ3v) is 3.17. The Kier molecular flexibility index (Phi) is 3.46. The predicted octanol–water partition coefficient (Wildman–Crippen LogP) is 3.04. The molecule has 0 amide bonds. The van der Waals surface area contributed by atoms with Gasteiger partial charge in [0.05, 0.1) is 12.7 Å². The van der Waals surface area contributed by atoms with E-state index in [1.807, 2.05) is 54.5 Å². The highest BCUT2D eigenvalue weighted by molar-refractivity contribution is 5.61. The Labute approximate surface area is 118 Å². The van der Waals surface area contributed by atoms with Gasteiger partial charge < -0.3 is 5.32 Å². The van der Waals surface area contributed by atoms with E-state index in [4.69, 9.17) is 0 Å². The van der Waals surface area contributed by atoms with Crippen LogP contribution in [0.4, 0.5) is 5.82 Å². The number of benzene rings is 1. The Morgan fingerprint density at radius 1 is 1.10 bits per heavy atom. The van der Waals surface area contributed by atoms with E-state index < -0.39 is 0 Å². The summed E-state index contributed by atoms with van der Waals surface area (Å²) in [6, 6.07) is 14.3. The van der Waals surface area contributed by atoms with Crippen molar-refractivity contribution < 1.29 is 0 Å². The second-order valence-corrected chi connectivity index (χ2v) is 4.59. The van der Waals surface area contributed by atoms with Crippen molar-refractivity contribution in [2.45, 2.75) is 6.54 Å². The number of nitrogens with zero attached hydrogens (tertiary/aromatic N) is 3. The molecule has 0 bridgehead atoms. The molecule has 2 heterocycles. The molecule has 2 aromatic heterocycles. The SMILES string of the molecule is CNc1cc(Cn2cc(-c3ccccc3)cn2)ccn1. The average Bonchev–Trinajstić information content (AvgIpc) is 2.97. The van der Waals surface area contributed by atoms with Gasteiger partial charge in [-0.05, 0) is 23.3 Å². The van der Waals surface area contributed by atoms with Crippen molar-refractivity contribution in [3.8, 4) is 11.1 Å². The summed E-state index contributed by atoms with van der Waals surface area (Å²) in [4.78, 5) is 4.21. The van der Waals surface area contributed by atoms with Crippen molar-refractivity contribution in [2.75, 3.05) is 12.4 Å². The number of rotatable bonds is 4. The first kappa shape index (κ1) is 12.4. The van der Waals surface area contributed by atoms with Crippen molar-refractivity contribution in [3.63, 3.8) is 0 Å². The molecule has 3 rings (SSSR count). The maximum Gasteiger partial charge on any atom is 0.125 e. The number of hydrogen-bond acceptors (Lipinski definition) is 3. The molecule has 0 aliphatic carbocycles. The molecule has 0 atom stereocenters. The average molecular weight is 264 g/mol. The van der Waals surface area contributed by atoms with Crippen LogP contribution >= 0.6 is 0 Å². The minimum atomic E-state index is 0.740. The fourth-order valence-electron chi connectivity index (χ4n) is 2.13. The summed E-state index contributed by atoms with van der Waals surface area (Å²) < 4.78 is 1.94. The van der Waals surface area contributed by atoms with Gasteiger partial charge in [0.2, 0.25) is 0 Å². The molecule has 0 aliphatic heterocycles. The van der Waals surface area contributed by atoms with Crippen LogP contribution in [-0.4, -0.2) is 21.8 Å².